The van der Waals surface area contributed by atoms with Crippen LogP contribution in [0.2, 0.25) is 0 Å². The molecular formula is C18H23F3N2O2S. The van der Waals surface area contributed by atoms with Crippen LogP contribution >= 0.6 is 0 Å². The van der Waals surface area contributed by atoms with Crippen LogP contribution in [0.4, 0.5) is 13.2 Å². The Balaban J connectivity index is 1.32. The zero-order chi connectivity index (χ0) is 18.6. The first-order valence-corrected chi connectivity index (χ1v) is 11.0. The molecule has 0 unspecified atom stereocenters. The molecule has 0 amide bonds. The zero-order valence-electron chi connectivity index (χ0n) is 14.5. The third-order valence-corrected chi connectivity index (χ3v) is 8.39. The number of hydrogen-bond acceptors (Lipinski definition) is 4. The molecule has 4 rings (SSSR count). The fourth-order valence-electron chi connectivity index (χ4n) is 5.00. The van der Waals surface area contributed by atoms with Crippen LogP contribution in [0.5, 0.6) is 0 Å². The zero-order valence-corrected chi connectivity index (χ0v) is 15.3. The molecule has 3 aliphatic rings. The first-order valence-electron chi connectivity index (χ1n) is 9.14. The van der Waals surface area contributed by atoms with Gasteiger partial charge < -0.3 is 0 Å². The van der Waals surface area contributed by atoms with Gasteiger partial charge in [0, 0.05) is 24.2 Å². The van der Waals surface area contributed by atoms with E-state index >= 15 is 0 Å². The molecule has 3 fully saturated rings. The van der Waals surface area contributed by atoms with Crippen molar-refractivity contribution in [2.45, 2.75) is 50.2 Å². The third-order valence-electron chi connectivity index (χ3n) is 6.28. The second kappa shape index (κ2) is 6.19. The van der Waals surface area contributed by atoms with Crippen molar-refractivity contribution in [3.8, 4) is 0 Å². The molecule has 26 heavy (non-hydrogen) atoms. The fraction of sp³-hybridized carbons (Fsp3) is 0.722. The van der Waals surface area contributed by atoms with Gasteiger partial charge >= 0.3 is 6.18 Å². The summed E-state index contributed by atoms with van der Waals surface area (Å²) in [6.07, 6.45) is 1.85. The molecule has 0 aromatic carbocycles. The molecule has 0 bridgehead atoms. The summed E-state index contributed by atoms with van der Waals surface area (Å²) in [5, 5.41) is 0. The number of nitrogens with zero attached hydrogens (tertiary/aromatic N) is 2. The molecule has 1 aliphatic carbocycles. The summed E-state index contributed by atoms with van der Waals surface area (Å²) in [6, 6.07) is 3.10. The first kappa shape index (κ1) is 18.2. The van der Waals surface area contributed by atoms with E-state index in [1.165, 1.54) is 6.20 Å². The van der Waals surface area contributed by atoms with Crippen molar-refractivity contribution in [2.75, 3.05) is 24.6 Å². The molecule has 4 nitrogen and oxygen atoms in total. The highest BCUT2D eigenvalue weighted by Gasteiger charge is 2.52. The Bertz CT molecular complexity index is 757. The van der Waals surface area contributed by atoms with Crippen LogP contribution in [-0.2, 0) is 16.0 Å². The molecule has 2 saturated heterocycles. The van der Waals surface area contributed by atoms with Gasteiger partial charge in [-0.1, -0.05) is 6.07 Å². The first-order chi connectivity index (χ1) is 12.2. The van der Waals surface area contributed by atoms with Crippen LogP contribution in [0.15, 0.2) is 18.3 Å². The summed E-state index contributed by atoms with van der Waals surface area (Å²) in [5.74, 6) is 0.938. The van der Waals surface area contributed by atoms with Gasteiger partial charge in [0.25, 0.3) is 0 Å². The van der Waals surface area contributed by atoms with Gasteiger partial charge in [-0.2, -0.15) is 13.2 Å². The van der Waals surface area contributed by atoms with Crippen molar-refractivity contribution < 1.29 is 21.6 Å². The third kappa shape index (κ3) is 3.50. The van der Waals surface area contributed by atoms with Crippen LogP contribution < -0.4 is 0 Å². The lowest BCUT2D eigenvalue weighted by Gasteiger charge is -2.40. The highest BCUT2D eigenvalue weighted by atomic mass is 32.2. The van der Waals surface area contributed by atoms with Crippen molar-refractivity contribution >= 4 is 9.84 Å². The number of alkyl halides is 3. The molecule has 2 aliphatic heterocycles. The van der Waals surface area contributed by atoms with E-state index in [0.29, 0.717) is 17.5 Å². The fourth-order valence-corrected chi connectivity index (χ4v) is 7.25. The summed E-state index contributed by atoms with van der Waals surface area (Å²) in [5.41, 5.74) is 0.0414. The molecule has 3 heterocycles. The summed E-state index contributed by atoms with van der Waals surface area (Å²) >= 11 is 0. The second-order valence-corrected chi connectivity index (χ2v) is 10.3. The average Bonchev–Trinajstić information content (AvgIpc) is 2.98. The maximum Gasteiger partial charge on any atom is 0.433 e. The normalized spacial score (nSPS) is 31.0. The Morgan fingerprint density at radius 2 is 1.81 bits per heavy atom. The lowest BCUT2D eigenvalue weighted by molar-refractivity contribution is -0.141. The van der Waals surface area contributed by atoms with Crippen LogP contribution in [0.1, 0.15) is 49.3 Å². The SMILES string of the molecule is O=S1(=O)CC2(CCN([C@H]3CC[C@@H](c4ccc(C(F)(F)F)nc4)CC3)C2)C1. The average molecular weight is 388 g/mol. The van der Waals surface area contributed by atoms with E-state index in [9.17, 15) is 21.6 Å². The van der Waals surface area contributed by atoms with Gasteiger partial charge in [-0.25, -0.2) is 8.42 Å². The van der Waals surface area contributed by atoms with Crippen molar-refractivity contribution in [2.24, 2.45) is 5.41 Å². The van der Waals surface area contributed by atoms with Crippen LogP contribution in [0.25, 0.3) is 0 Å². The Kier molecular flexibility index (Phi) is 4.34. The molecule has 8 heteroatoms. The molecule has 1 aromatic rings. The Hall–Kier alpha value is -1.15. The van der Waals surface area contributed by atoms with Crippen molar-refractivity contribution in [1.29, 1.82) is 0 Å². The topological polar surface area (TPSA) is 50.3 Å². The standard InChI is InChI=1S/C18H23F3N2O2S/c19-18(20,21)16-6-3-14(9-22-16)13-1-4-15(5-2-13)23-8-7-17(10-23)11-26(24,25)12-17/h3,6,9,13,15H,1-2,4-5,7-8,10-12H2/t13-,15+. The minimum atomic E-state index is -4.39. The molecule has 0 atom stereocenters. The Morgan fingerprint density at radius 3 is 2.35 bits per heavy atom. The monoisotopic (exact) mass is 388 g/mol. The van der Waals surface area contributed by atoms with Gasteiger partial charge in [-0.05, 0) is 56.2 Å². The molecule has 144 valence electrons. The minimum Gasteiger partial charge on any atom is -0.300 e. The number of hydrogen-bond donors (Lipinski definition) is 0. The molecular weight excluding hydrogens is 365 g/mol. The largest absolute Gasteiger partial charge is 0.433 e. The predicted molar refractivity (Wildman–Crippen MR) is 91.5 cm³/mol. The molecule has 1 saturated carbocycles. The van der Waals surface area contributed by atoms with Gasteiger partial charge in [0.15, 0.2) is 9.84 Å². The lowest BCUT2D eigenvalue weighted by Crippen LogP contribution is -2.51. The second-order valence-electron chi connectivity index (χ2n) is 8.23. The lowest BCUT2D eigenvalue weighted by atomic mass is 9.81. The quantitative estimate of drug-likeness (QED) is 0.781. The number of likely N-dealkylation sites (tertiary alicyclic amines) is 1. The van der Waals surface area contributed by atoms with Crippen LogP contribution in [0.3, 0.4) is 0 Å². The number of halogens is 3. The minimum absolute atomic E-state index is 0.00692. The Morgan fingerprint density at radius 1 is 1.12 bits per heavy atom. The van der Waals surface area contributed by atoms with Gasteiger partial charge in [-0.3, -0.25) is 9.88 Å². The molecule has 1 spiro atoms. The maximum absolute atomic E-state index is 12.6. The van der Waals surface area contributed by atoms with Crippen LogP contribution in [-0.4, -0.2) is 48.9 Å². The number of sulfone groups is 1. The van der Waals surface area contributed by atoms with Gasteiger partial charge in [-0.15, -0.1) is 0 Å². The molecule has 0 N–H and O–H groups in total. The molecule has 1 aromatic heterocycles. The van der Waals surface area contributed by atoms with E-state index in [2.05, 4.69) is 9.88 Å². The van der Waals surface area contributed by atoms with E-state index in [1.54, 1.807) is 6.07 Å². The number of pyridine rings is 1. The maximum atomic E-state index is 12.6. The summed E-state index contributed by atoms with van der Waals surface area (Å²) in [7, 11) is -2.80. The number of aromatic nitrogens is 1. The van der Waals surface area contributed by atoms with Gasteiger partial charge in [0.2, 0.25) is 0 Å². The van der Waals surface area contributed by atoms with Gasteiger partial charge in [0.1, 0.15) is 5.69 Å². The van der Waals surface area contributed by atoms with Crippen molar-refractivity contribution in [1.82, 2.24) is 9.88 Å². The van der Waals surface area contributed by atoms with E-state index in [4.69, 9.17) is 0 Å². The van der Waals surface area contributed by atoms with Crippen molar-refractivity contribution in [3.63, 3.8) is 0 Å². The summed E-state index contributed by atoms with van der Waals surface area (Å²) in [4.78, 5) is 6.02. The highest BCUT2D eigenvalue weighted by Crippen LogP contribution is 2.44. The smallest absolute Gasteiger partial charge is 0.300 e. The Labute approximate surface area is 151 Å². The van der Waals surface area contributed by atoms with E-state index in [-0.39, 0.29) is 11.3 Å². The molecule has 0 radical (unpaired) electrons. The van der Waals surface area contributed by atoms with E-state index < -0.39 is 21.7 Å². The van der Waals surface area contributed by atoms with Gasteiger partial charge in [0.05, 0.1) is 11.5 Å². The summed E-state index contributed by atoms with van der Waals surface area (Å²) < 4.78 is 60.9. The van der Waals surface area contributed by atoms with Crippen LogP contribution in [0, 0.1) is 5.41 Å². The van der Waals surface area contributed by atoms with Crippen molar-refractivity contribution in [3.05, 3.63) is 29.6 Å². The highest BCUT2D eigenvalue weighted by molar-refractivity contribution is 7.92. The predicted octanol–water partition coefficient (Wildman–Crippen LogP) is 3.25. The van der Waals surface area contributed by atoms with E-state index in [1.807, 2.05) is 0 Å². The summed E-state index contributed by atoms with van der Waals surface area (Å²) in [6.45, 7) is 1.84. The number of rotatable bonds is 2. The van der Waals surface area contributed by atoms with E-state index in [0.717, 1.165) is 56.8 Å².